The molecule has 0 atom stereocenters. The van der Waals surface area contributed by atoms with Gasteiger partial charge < -0.3 is 5.32 Å². The molecular weight excluding hydrogens is 177 g/mol. The molecule has 78 valence electrons. The van der Waals surface area contributed by atoms with Crippen molar-refractivity contribution in [3.05, 3.63) is 35.1 Å². The molecule has 14 heavy (non-hydrogen) atoms. The van der Waals surface area contributed by atoms with Crippen LogP contribution < -0.4 is 5.32 Å². The van der Waals surface area contributed by atoms with Gasteiger partial charge in [0.05, 0.1) is 0 Å². The second-order valence-corrected chi connectivity index (χ2v) is 3.64. The van der Waals surface area contributed by atoms with Crippen molar-refractivity contribution in [3.8, 4) is 0 Å². The fraction of sp³-hybridized carbons (Fsp3) is 0.500. The van der Waals surface area contributed by atoms with Gasteiger partial charge in [-0.15, -0.1) is 0 Å². The topological polar surface area (TPSA) is 12.0 Å². The molecule has 0 saturated heterocycles. The number of aryl methyl sites for hydroxylation is 2. The van der Waals surface area contributed by atoms with Gasteiger partial charge in [0, 0.05) is 0 Å². The lowest BCUT2D eigenvalue weighted by Gasteiger charge is -2.03. The number of rotatable bonds is 5. The largest absolute Gasteiger partial charge is 0.320 e. The zero-order valence-corrected chi connectivity index (χ0v) is 8.94. The summed E-state index contributed by atoms with van der Waals surface area (Å²) >= 11 is 0. The van der Waals surface area contributed by atoms with Crippen molar-refractivity contribution in [2.45, 2.75) is 26.2 Å². The lowest BCUT2D eigenvalue weighted by atomic mass is 10.1. The van der Waals surface area contributed by atoms with Gasteiger partial charge >= 0.3 is 0 Å². The van der Waals surface area contributed by atoms with Gasteiger partial charge in [-0.2, -0.15) is 0 Å². The van der Waals surface area contributed by atoms with Crippen LogP contribution in [-0.4, -0.2) is 13.6 Å². The van der Waals surface area contributed by atoms with Crippen LogP contribution in [0.15, 0.2) is 18.2 Å². The Bertz CT molecular complexity index is 284. The summed E-state index contributed by atoms with van der Waals surface area (Å²) < 4.78 is 12.9. The van der Waals surface area contributed by atoms with Crippen molar-refractivity contribution in [1.82, 2.24) is 5.32 Å². The molecule has 1 nitrogen and oxygen atoms in total. The van der Waals surface area contributed by atoms with Crippen molar-refractivity contribution in [2.75, 3.05) is 13.6 Å². The standard InChI is InChI=1S/C12H18FN/c1-10-9-11(6-7-12(10)13)5-3-4-8-14-2/h6-7,9,14H,3-5,8H2,1-2H3. The van der Waals surface area contributed by atoms with E-state index >= 15 is 0 Å². The Morgan fingerprint density at radius 1 is 1.29 bits per heavy atom. The summed E-state index contributed by atoms with van der Waals surface area (Å²) in [6, 6.07) is 5.37. The Kier molecular flexibility index (Phi) is 4.60. The number of nitrogens with one attached hydrogen (secondary N) is 1. The van der Waals surface area contributed by atoms with E-state index in [0.29, 0.717) is 0 Å². The second-order valence-electron chi connectivity index (χ2n) is 3.64. The van der Waals surface area contributed by atoms with Crippen LogP contribution in [0, 0.1) is 12.7 Å². The molecule has 0 saturated carbocycles. The van der Waals surface area contributed by atoms with E-state index in [4.69, 9.17) is 0 Å². The van der Waals surface area contributed by atoms with E-state index in [1.54, 1.807) is 6.07 Å². The first-order chi connectivity index (χ1) is 6.74. The summed E-state index contributed by atoms with van der Waals surface area (Å²) in [6.45, 7) is 2.87. The molecule has 2 heteroatoms. The fourth-order valence-electron chi connectivity index (χ4n) is 1.49. The summed E-state index contributed by atoms with van der Waals surface area (Å²) in [6.07, 6.45) is 3.38. The smallest absolute Gasteiger partial charge is 0.126 e. The quantitative estimate of drug-likeness (QED) is 0.712. The van der Waals surface area contributed by atoms with Crippen molar-refractivity contribution < 1.29 is 4.39 Å². The first kappa shape index (κ1) is 11.2. The highest BCUT2D eigenvalue weighted by Gasteiger charge is 1.98. The Morgan fingerprint density at radius 2 is 2.07 bits per heavy atom. The molecule has 1 N–H and O–H groups in total. The zero-order valence-electron chi connectivity index (χ0n) is 8.94. The third-order valence-corrected chi connectivity index (χ3v) is 2.36. The lowest BCUT2D eigenvalue weighted by Crippen LogP contribution is -2.07. The van der Waals surface area contributed by atoms with Gasteiger partial charge in [-0.3, -0.25) is 0 Å². The van der Waals surface area contributed by atoms with E-state index in [9.17, 15) is 4.39 Å². The fourth-order valence-corrected chi connectivity index (χ4v) is 1.49. The molecule has 0 aliphatic carbocycles. The molecular formula is C12H18FN. The van der Waals surface area contributed by atoms with Gasteiger partial charge in [-0.1, -0.05) is 12.1 Å². The highest BCUT2D eigenvalue weighted by atomic mass is 19.1. The maximum Gasteiger partial charge on any atom is 0.126 e. The Hall–Kier alpha value is -0.890. The number of hydrogen-bond donors (Lipinski definition) is 1. The molecule has 0 aliphatic rings. The van der Waals surface area contributed by atoms with E-state index in [1.807, 2.05) is 26.1 Å². The van der Waals surface area contributed by atoms with Crippen molar-refractivity contribution in [1.29, 1.82) is 0 Å². The number of hydrogen-bond acceptors (Lipinski definition) is 1. The third-order valence-electron chi connectivity index (χ3n) is 2.36. The highest BCUT2D eigenvalue weighted by Crippen LogP contribution is 2.11. The van der Waals surface area contributed by atoms with Crippen LogP contribution in [0.4, 0.5) is 4.39 Å². The molecule has 0 unspecified atom stereocenters. The van der Waals surface area contributed by atoms with Crippen molar-refractivity contribution >= 4 is 0 Å². The zero-order chi connectivity index (χ0) is 10.4. The van der Waals surface area contributed by atoms with Gasteiger partial charge in [-0.25, -0.2) is 4.39 Å². The lowest BCUT2D eigenvalue weighted by molar-refractivity contribution is 0.616. The molecule has 0 aromatic heterocycles. The first-order valence-electron chi connectivity index (χ1n) is 5.13. The molecule has 0 spiro atoms. The Balaban J connectivity index is 2.39. The van der Waals surface area contributed by atoms with E-state index in [0.717, 1.165) is 24.9 Å². The van der Waals surface area contributed by atoms with Crippen LogP contribution in [0.1, 0.15) is 24.0 Å². The maximum absolute atomic E-state index is 12.9. The van der Waals surface area contributed by atoms with Gasteiger partial charge in [0.2, 0.25) is 0 Å². The first-order valence-corrected chi connectivity index (χ1v) is 5.13. The summed E-state index contributed by atoms with van der Waals surface area (Å²) in [7, 11) is 1.96. The number of benzene rings is 1. The average Bonchev–Trinajstić information content (AvgIpc) is 2.18. The second kappa shape index (κ2) is 5.76. The minimum Gasteiger partial charge on any atom is -0.320 e. The summed E-state index contributed by atoms with van der Waals surface area (Å²) in [5, 5.41) is 3.11. The van der Waals surface area contributed by atoms with Gasteiger partial charge in [0.25, 0.3) is 0 Å². The maximum atomic E-state index is 12.9. The molecule has 0 heterocycles. The SMILES string of the molecule is CNCCCCc1ccc(F)c(C)c1. The Labute approximate surface area is 85.3 Å². The van der Waals surface area contributed by atoms with Crippen LogP contribution in [0.5, 0.6) is 0 Å². The molecule has 0 bridgehead atoms. The average molecular weight is 195 g/mol. The van der Waals surface area contributed by atoms with Crippen LogP contribution in [0.2, 0.25) is 0 Å². The van der Waals surface area contributed by atoms with Gasteiger partial charge in [0.1, 0.15) is 5.82 Å². The molecule has 0 amide bonds. The normalized spacial score (nSPS) is 10.5. The molecule has 0 fully saturated rings. The number of halogens is 1. The van der Waals surface area contributed by atoms with E-state index < -0.39 is 0 Å². The van der Waals surface area contributed by atoms with Crippen LogP contribution in [0.3, 0.4) is 0 Å². The van der Waals surface area contributed by atoms with Crippen LogP contribution in [0.25, 0.3) is 0 Å². The summed E-state index contributed by atoms with van der Waals surface area (Å²) in [4.78, 5) is 0. The monoisotopic (exact) mass is 195 g/mol. The van der Waals surface area contributed by atoms with Gasteiger partial charge in [-0.05, 0) is 57.0 Å². The van der Waals surface area contributed by atoms with Crippen molar-refractivity contribution in [3.63, 3.8) is 0 Å². The van der Waals surface area contributed by atoms with Gasteiger partial charge in [0.15, 0.2) is 0 Å². The molecule has 1 rings (SSSR count). The number of unbranched alkanes of at least 4 members (excludes halogenated alkanes) is 1. The minimum absolute atomic E-state index is 0.107. The van der Waals surface area contributed by atoms with Crippen molar-refractivity contribution in [2.24, 2.45) is 0 Å². The molecule has 0 radical (unpaired) electrons. The third kappa shape index (κ3) is 3.46. The minimum atomic E-state index is -0.107. The molecule has 1 aromatic carbocycles. The van der Waals surface area contributed by atoms with E-state index in [2.05, 4.69) is 5.32 Å². The summed E-state index contributed by atoms with van der Waals surface area (Å²) in [5.41, 5.74) is 1.98. The van der Waals surface area contributed by atoms with E-state index in [-0.39, 0.29) is 5.82 Å². The molecule has 0 aliphatic heterocycles. The van der Waals surface area contributed by atoms with Crippen LogP contribution >= 0.6 is 0 Å². The highest BCUT2D eigenvalue weighted by molar-refractivity contribution is 5.23. The molecule has 1 aromatic rings. The summed E-state index contributed by atoms with van der Waals surface area (Å²) in [5.74, 6) is -0.107. The van der Waals surface area contributed by atoms with E-state index in [1.165, 1.54) is 12.0 Å². The van der Waals surface area contributed by atoms with Crippen LogP contribution in [-0.2, 0) is 6.42 Å². The predicted molar refractivity (Wildman–Crippen MR) is 58.0 cm³/mol. The Morgan fingerprint density at radius 3 is 2.71 bits per heavy atom. The predicted octanol–water partition coefficient (Wildman–Crippen LogP) is 2.68.